The first kappa shape index (κ1) is 36.3. The second kappa shape index (κ2) is 16.0. The van der Waals surface area contributed by atoms with Crippen LogP contribution < -0.4 is 9.80 Å². The molecular formula is C49H42N6S. The average molecular weight is 747 g/mol. The van der Waals surface area contributed by atoms with Gasteiger partial charge in [-0.05, 0) is 96.8 Å². The third-order valence-electron chi connectivity index (χ3n) is 10.0. The quantitative estimate of drug-likeness (QED) is 0.139. The Morgan fingerprint density at radius 3 is 0.946 bits per heavy atom. The summed E-state index contributed by atoms with van der Waals surface area (Å²) in [6.07, 6.45) is 1.58. The molecule has 6 nitrogen and oxygen atoms in total. The van der Waals surface area contributed by atoms with Gasteiger partial charge in [-0.3, -0.25) is 0 Å². The fourth-order valence-corrected chi connectivity index (χ4v) is 8.02. The van der Waals surface area contributed by atoms with Gasteiger partial charge < -0.3 is 9.80 Å². The lowest BCUT2D eigenvalue weighted by Crippen LogP contribution is -2.09. The number of hydrogen-bond donors (Lipinski definition) is 0. The Labute approximate surface area is 332 Å². The molecule has 56 heavy (non-hydrogen) atoms. The van der Waals surface area contributed by atoms with Crippen molar-refractivity contribution in [2.45, 2.75) is 34.1 Å². The number of aryl methyl sites for hydroxylation is 2. The minimum Gasteiger partial charge on any atom is -0.311 e. The van der Waals surface area contributed by atoms with Crippen molar-refractivity contribution in [1.29, 1.82) is 0 Å². The molecule has 0 atom stereocenters. The Kier molecular flexibility index (Phi) is 10.3. The fraction of sp³-hybridized carbons (Fsp3) is 0.102. The molecule has 0 bridgehead atoms. The third-order valence-corrected chi connectivity index (χ3v) is 10.6. The number of para-hydroxylation sites is 4. The van der Waals surface area contributed by atoms with Gasteiger partial charge in [-0.2, -0.15) is 8.75 Å². The molecule has 7 aromatic carbocycles. The van der Waals surface area contributed by atoms with Crippen molar-refractivity contribution in [3.8, 4) is 22.3 Å². The van der Waals surface area contributed by atoms with Crippen LogP contribution in [0.2, 0.25) is 0 Å². The fourth-order valence-electron chi connectivity index (χ4n) is 7.46. The topological polar surface area (TPSA) is 58.0 Å². The van der Waals surface area contributed by atoms with Gasteiger partial charge in [0.1, 0.15) is 11.0 Å². The van der Waals surface area contributed by atoms with Crippen molar-refractivity contribution in [2.75, 3.05) is 9.80 Å². The second-order valence-corrected chi connectivity index (χ2v) is 13.9. The molecule has 0 unspecified atom stereocenters. The maximum absolute atomic E-state index is 5.39. The Morgan fingerprint density at radius 1 is 0.375 bits per heavy atom. The number of nitrogens with zero attached hydrogens (tertiary/aromatic N) is 6. The first-order chi connectivity index (χ1) is 27.2. The number of aromatic nitrogens is 4. The van der Waals surface area contributed by atoms with Crippen LogP contribution in [0.3, 0.4) is 0 Å². The molecule has 0 radical (unpaired) electrons. The third kappa shape index (κ3) is 6.67. The number of rotatable bonds is 10. The van der Waals surface area contributed by atoms with Crippen molar-refractivity contribution in [3.05, 3.63) is 181 Å². The summed E-state index contributed by atoms with van der Waals surface area (Å²) in [6.45, 7) is 4.30. The monoisotopic (exact) mass is 746 g/mol. The number of hydrogen-bond acceptors (Lipinski definition) is 7. The molecule has 2 heterocycles. The minimum atomic E-state index is 0. The van der Waals surface area contributed by atoms with Gasteiger partial charge in [0.25, 0.3) is 0 Å². The van der Waals surface area contributed by atoms with E-state index >= 15 is 0 Å². The maximum Gasteiger partial charge on any atom is 0.115 e. The standard InChI is InChI=1S/C48H38N6S.CH4/c1-3-41-42(4-2)50-46-44(34-27-31-40(32-28-34)54(37-21-13-7-14-22-37)38-23-15-8-16-24-38)48-47(51-55-52-48)43(45(46)49-41)33-25-29-39(30-26-33)53(35-17-9-5-10-18-35)36-19-11-6-12-20-36;/h5-32H,3-4H2,1-2H3;1H4. The van der Waals surface area contributed by atoms with E-state index in [-0.39, 0.29) is 7.43 Å². The van der Waals surface area contributed by atoms with E-state index in [0.29, 0.717) is 0 Å². The van der Waals surface area contributed by atoms with Crippen molar-refractivity contribution in [1.82, 2.24) is 18.7 Å². The first-order valence-corrected chi connectivity index (χ1v) is 19.4. The first-order valence-electron chi connectivity index (χ1n) is 18.7. The van der Waals surface area contributed by atoms with Crippen molar-refractivity contribution in [2.24, 2.45) is 0 Å². The molecule has 2 aromatic heterocycles. The highest BCUT2D eigenvalue weighted by molar-refractivity contribution is 7.00. The summed E-state index contributed by atoms with van der Waals surface area (Å²) >= 11 is 1.23. The van der Waals surface area contributed by atoms with Crippen molar-refractivity contribution < 1.29 is 0 Å². The summed E-state index contributed by atoms with van der Waals surface area (Å²) in [7, 11) is 0. The summed E-state index contributed by atoms with van der Waals surface area (Å²) in [5, 5.41) is 0. The molecule has 0 fully saturated rings. The highest BCUT2D eigenvalue weighted by Crippen LogP contribution is 2.44. The summed E-state index contributed by atoms with van der Waals surface area (Å²) in [5.41, 5.74) is 15.8. The number of benzene rings is 7. The van der Waals surface area contributed by atoms with E-state index in [2.05, 4.69) is 169 Å². The summed E-state index contributed by atoms with van der Waals surface area (Å²) < 4.78 is 9.90. The smallest absolute Gasteiger partial charge is 0.115 e. The molecule has 0 amide bonds. The van der Waals surface area contributed by atoms with Crippen LogP contribution in [-0.4, -0.2) is 18.7 Å². The van der Waals surface area contributed by atoms with E-state index in [4.69, 9.17) is 18.7 Å². The molecule has 0 saturated carbocycles. The van der Waals surface area contributed by atoms with E-state index in [1.165, 1.54) is 11.7 Å². The largest absolute Gasteiger partial charge is 0.311 e. The van der Waals surface area contributed by atoms with E-state index < -0.39 is 0 Å². The Hall–Kier alpha value is -6.70. The zero-order chi connectivity index (χ0) is 37.1. The van der Waals surface area contributed by atoms with Crippen LogP contribution in [0, 0.1) is 0 Å². The van der Waals surface area contributed by atoms with Gasteiger partial charge in [0.15, 0.2) is 0 Å². The summed E-state index contributed by atoms with van der Waals surface area (Å²) in [4.78, 5) is 15.3. The molecule has 0 aliphatic heterocycles. The van der Waals surface area contributed by atoms with E-state index in [0.717, 1.165) is 103 Å². The van der Waals surface area contributed by atoms with Crippen LogP contribution in [0.15, 0.2) is 170 Å². The maximum atomic E-state index is 5.39. The Balaban J connectivity index is 0.00000441. The zero-order valence-electron chi connectivity index (χ0n) is 30.7. The molecule has 0 saturated heterocycles. The lowest BCUT2D eigenvalue weighted by molar-refractivity contribution is 0.931. The predicted molar refractivity (Wildman–Crippen MR) is 236 cm³/mol. The van der Waals surface area contributed by atoms with Gasteiger partial charge in [0.05, 0.1) is 34.1 Å². The number of fused-ring (bicyclic) bond motifs is 2. The molecule has 9 aromatic rings. The Bertz CT molecular complexity index is 2430. The molecule has 9 rings (SSSR count). The van der Waals surface area contributed by atoms with Gasteiger partial charge in [0.2, 0.25) is 0 Å². The van der Waals surface area contributed by atoms with Crippen LogP contribution in [0.5, 0.6) is 0 Å². The van der Waals surface area contributed by atoms with Crippen LogP contribution in [-0.2, 0) is 12.8 Å². The van der Waals surface area contributed by atoms with Crippen molar-refractivity contribution in [3.63, 3.8) is 0 Å². The molecule has 274 valence electrons. The lowest BCUT2D eigenvalue weighted by Gasteiger charge is -2.26. The SMILES string of the molecule is C.CCc1nc2c(-c3ccc(N(c4ccccc4)c4ccccc4)cc3)c3nsnc3c(-c3ccc(N(c4ccccc4)c4ccccc4)cc3)c2nc1CC. The normalized spacial score (nSPS) is 11.0. The Morgan fingerprint density at radius 2 is 0.661 bits per heavy atom. The van der Waals surface area contributed by atoms with E-state index in [1.54, 1.807) is 0 Å². The molecular weight excluding hydrogens is 705 g/mol. The molecule has 0 aliphatic carbocycles. The van der Waals surface area contributed by atoms with E-state index in [9.17, 15) is 0 Å². The molecule has 0 N–H and O–H groups in total. The van der Waals surface area contributed by atoms with Crippen LogP contribution >= 0.6 is 11.7 Å². The molecule has 7 heteroatoms. The highest BCUT2D eigenvalue weighted by atomic mass is 32.1. The molecule has 0 spiro atoms. The zero-order valence-corrected chi connectivity index (χ0v) is 31.5. The van der Waals surface area contributed by atoms with Gasteiger partial charge in [-0.1, -0.05) is 118 Å². The molecule has 0 aliphatic rings. The highest BCUT2D eigenvalue weighted by Gasteiger charge is 2.24. The van der Waals surface area contributed by atoms with Crippen LogP contribution in [0.1, 0.15) is 32.7 Å². The predicted octanol–water partition coefficient (Wildman–Crippen LogP) is 13.7. The van der Waals surface area contributed by atoms with Crippen molar-refractivity contribution >= 4 is 67.9 Å². The average Bonchev–Trinajstić information content (AvgIpc) is 3.74. The summed E-state index contributed by atoms with van der Waals surface area (Å²) in [5.74, 6) is 0. The van der Waals surface area contributed by atoms with Gasteiger partial charge in [-0.15, -0.1) is 0 Å². The van der Waals surface area contributed by atoms with E-state index in [1.807, 2.05) is 24.3 Å². The second-order valence-electron chi connectivity index (χ2n) is 13.3. The lowest BCUT2D eigenvalue weighted by atomic mass is 9.94. The van der Waals surface area contributed by atoms with Gasteiger partial charge in [-0.25, -0.2) is 9.97 Å². The van der Waals surface area contributed by atoms with Gasteiger partial charge >= 0.3 is 0 Å². The number of anilines is 6. The van der Waals surface area contributed by atoms with Crippen LogP contribution in [0.4, 0.5) is 34.1 Å². The van der Waals surface area contributed by atoms with Gasteiger partial charge in [0, 0.05) is 45.3 Å². The minimum absolute atomic E-state index is 0. The summed E-state index contributed by atoms with van der Waals surface area (Å²) in [6, 6.07) is 59.3. The van der Waals surface area contributed by atoms with Crippen LogP contribution in [0.25, 0.3) is 44.3 Å².